The van der Waals surface area contributed by atoms with Gasteiger partial charge >= 0.3 is 0 Å². The molecule has 0 saturated carbocycles. The molecule has 1 aromatic heterocycles. The van der Waals surface area contributed by atoms with Crippen LogP contribution in [0.3, 0.4) is 0 Å². The van der Waals surface area contributed by atoms with E-state index in [0.29, 0.717) is 15.0 Å². The molecule has 5 heteroatoms. The van der Waals surface area contributed by atoms with E-state index in [9.17, 15) is 4.79 Å². The van der Waals surface area contributed by atoms with Gasteiger partial charge in [0, 0.05) is 5.57 Å². The molecule has 0 unspecified atom stereocenters. The highest BCUT2D eigenvalue weighted by Gasteiger charge is 2.28. The summed E-state index contributed by atoms with van der Waals surface area (Å²) < 4.78 is 5.92. The van der Waals surface area contributed by atoms with Gasteiger partial charge in [-0.1, -0.05) is 54.3 Å². The third-order valence-electron chi connectivity index (χ3n) is 2.67. The van der Waals surface area contributed by atoms with Gasteiger partial charge in [-0.15, -0.1) is 0 Å². The van der Waals surface area contributed by atoms with E-state index in [1.165, 1.54) is 11.8 Å². The molecule has 0 bridgehead atoms. The number of hydrogen-bond donors (Lipinski definition) is 1. The summed E-state index contributed by atoms with van der Waals surface area (Å²) in [6.45, 7) is 0. The van der Waals surface area contributed by atoms with Gasteiger partial charge in [0.25, 0.3) is 5.91 Å². The van der Waals surface area contributed by atoms with Crippen molar-refractivity contribution in [3.63, 3.8) is 0 Å². The monoisotopic (exact) mass is 287 g/mol. The van der Waals surface area contributed by atoms with Crippen LogP contribution in [0, 0.1) is 0 Å². The Morgan fingerprint density at radius 3 is 2.53 bits per heavy atom. The van der Waals surface area contributed by atoms with E-state index in [1.807, 2.05) is 36.4 Å². The lowest BCUT2D eigenvalue weighted by atomic mass is 10.0. The normalized spacial score (nSPS) is 17.5. The average Bonchev–Trinajstić information content (AvgIpc) is 3.03. The average molecular weight is 287 g/mol. The number of thioether (sulfide) groups is 1. The van der Waals surface area contributed by atoms with Crippen LogP contribution in [0.2, 0.25) is 0 Å². The van der Waals surface area contributed by atoms with Crippen LogP contribution in [0.4, 0.5) is 0 Å². The second-order valence-electron chi connectivity index (χ2n) is 3.89. The van der Waals surface area contributed by atoms with Crippen LogP contribution < -0.4 is 5.32 Å². The van der Waals surface area contributed by atoms with Crippen LogP contribution in [0.25, 0.3) is 5.57 Å². The Hall–Kier alpha value is -1.85. The summed E-state index contributed by atoms with van der Waals surface area (Å²) in [4.78, 5) is 12.6. The van der Waals surface area contributed by atoms with Crippen molar-refractivity contribution in [2.45, 2.75) is 0 Å². The molecule has 3 nitrogen and oxygen atoms in total. The van der Waals surface area contributed by atoms with E-state index >= 15 is 0 Å². The van der Waals surface area contributed by atoms with Gasteiger partial charge in [0.1, 0.15) is 10.1 Å². The summed E-state index contributed by atoms with van der Waals surface area (Å²) in [6, 6.07) is 13.3. The van der Waals surface area contributed by atoms with Crippen molar-refractivity contribution in [3.8, 4) is 0 Å². The summed E-state index contributed by atoms with van der Waals surface area (Å²) in [6.07, 6.45) is 1.59. The van der Waals surface area contributed by atoms with Crippen molar-refractivity contribution < 1.29 is 9.21 Å². The highest BCUT2D eigenvalue weighted by atomic mass is 32.2. The number of amides is 1. The fourth-order valence-electron chi connectivity index (χ4n) is 1.89. The second-order valence-corrected chi connectivity index (χ2v) is 5.58. The summed E-state index contributed by atoms with van der Waals surface area (Å²) in [5.74, 6) is 0.485. The molecule has 1 aromatic carbocycles. The van der Waals surface area contributed by atoms with Crippen molar-refractivity contribution >= 4 is 39.8 Å². The number of benzene rings is 1. The first-order valence-corrected chi connectivity index (χ1v) is 6.85. The molecule has 0 atom stereocenters. The molecule has 2 heterocycles. The molecule has 1 saturated heterocycles. The number of rotatable bonds is 2. The molecular formula is C14H9NO2S2. The van der Waals surface area contributed by atoms with Gasteiger partial charge in [-0.25, -0.2) is 0 Å². The van der Waals surface area contributed by atoms with Crippen LogP contribution in [0.5, 0.6) is 0 Å². The number of nitrogens with one attached hydrogen (secondary N) is 1. The maximum Gasteiger partial charge on any atom is 0.264 e. The largest absolute Gasteiger partial charge is 0.464 e. The first-order chi connectivity index (χ1) is 9.25. The maximum absolute atomic E-state index is 12.0. The van der Waals surface area contributed by atoms with Crippen molar-refractivity contribution in [3.05, 3.63) is 65.0 Å². The van der Waals surface area contributed by atoms with Crippen molar-refractivity contribution in [2.24, 2.45) is 0 Å². The van der Waals surface area contributed by atoms with Crippen LogP contribution in [0.1, 0.15) is 11.3 Å². The Bertz CT molecular complexity index is 660. The molecule has 1 fully saturated rings. The molecule has 1 aliphatic heterocycles. The third-order valence-corrected chi connectivity index (χ3v) is 3.91. The highest BCUT2D eigenvalue weighted by Crippen LogP contribution is 2.36. The van der Waals surface area contributed by atoms with Gasteiger partial charge < -0.3 is 9.73 Å². The zero-order valence-corrected chi connectivity index (χ0v) is 11.4. The smallest absolute Gasteiger partial charge is 0.264 e. The summed E-state index contributed by atoms with van der Waals surface area (Å²) in [5, 5.41) is 2.63. The Balaban J connectivity index is 2.21. The van der Waals surface area contributed by atoms with E-state index in [4.69, 9.17) is 16.6 Å². The van der Waals surface area contributed by atoms with Crippen molar-refractivity contribution in [1.82, 2.24) is 5.32 Å². The fraction of sp³-hybridized carbons (Fsp3) is 0. The molecule has 0 aliphatic carbocycles. The topological polar surface area (TPSA) is 42.2 Å². The van der Waals surface area contributed by atoms with E-state index < -0.39 is 0 Å². The summed E-state index contributed by atoms with van der Waals surface area (Å²) >= 11 is 6.30. The molecule has 1 amide bonds. The standard InChI is InChI=1S/C14H9NO2S2/c16-13-12(19-14(18)15-13)11(10-7-4-8-17-10)9-5-2-1-3-6-9/h1-8H,(H,15,16,18). The molecule has 19 heavy (non-hydrogen) atoms. The number of carbonyl (C=O) groups is 1. The molecular weight excluding hydrogens is 278 g/mol. The van der Waals surface area contributed by atoms with Crippen molar-refractivity contribution in [1.29, 1.82) is 0 Å². The minimum absolute atomic E-state index is 0.176. The van der Waals surface area contributed by atoms with Gasteiger partial charge in [-0.2, -0.15) is 0 Å². The second kappa shape index (κ2) is 5.03. The molecule has 3 rings (SSSR count). The lowest BCUT2D eigenvalue weighted by Gasteiger charge is -2.07. The highest BCUT2D eigenvalue weighted by molar-refractivity contribution is 8.26. The predicted octanol–water partition coefficient (Wildman–Crippen LogP) is 3.19. The first-order valence-electron chi connectivity index (χ1n) is 5.62. The van der Waals surface area contributed by atoms with Gasteiger partial charge in [-0.3, -0.25) is 4.79 Å². The Morgan fingerprint density at radius 2 is 1.95 bits per heavy atom. The number of thiocarbonyl (C=S) groups is 1. The van der Waals surface area contributed by atoms with E-state index in [1.54, 1.807) is 12.3 Å². The Labute approximate surface area is 119 Å². The molecule has 0 radical (unpaired) electrons. The zero-order chi connectivity index (χ0) is 13.2. The summed E-state index contributed by atoms with van der Waals surface area (Å²) in [5.41, 5.74) is 1.70. The number of hydrogen-bond acceptors (Lipinski definition) is 4. The van der Waals surface area contributed by atoms with Gasteiger partial charge in [0.05, 0.1) is 11.2 Å². The van der Waals surface area contributed by atoms with Crippen LogP contribution >= 0.6 is 24.0 Å². The number of carbonyl (C=O) groups excluding carboxylic acids is 1. The van der Waals surface area contributed by atoms with Gasteiger partial charge in [0.2, 0.25) is 0 Å². The van der Waals surface area contributed by atoms with E-state index in [2.05, 4.69) is 5.32 Å². The van der Waals surface area contributed by atoms with E-state index in [0.717, 1.165) is 11.1 Å². The van der Waals surface area contributed by atoms with E-state index in [-0.39, 0.29) is 5.91 Å². The van der Waals surface area contributed by atoms with Gasteiger partial charge in [0.15, 0.2) is 0 Å². The van der Waals surface area contributed by atoms with Crippen LogP contribution in [-0.4, -0.2) is 10.2 Å². The molecule has 0 spiro atoms. The predicted molar refractivity (Wildman–Crippen MR) is 79.5 cm³/mol. The SMILES string of the molecule is O=C1NC(=S)SC1=C(c1ccccc1)c1ccco1. The minimum Gasteiger partial charge on any atom is -0.464 e. The Morgan fingerprint density at radius 1 is 1.16 bits per heavy atom. The lowest BCUT2D eigenvalue weighted by Crippen LogP contribution is -2.18. The quantitative estimate of drug-likeness (QED) is 0.680. The lowest BCUT2D eigenvalue weighted by molar-refractivity contribution is -0.115. The van der Waals surface area contributed by atoms with Crippen molar-refractivity contribution in [2.75, 3.05) is 0 Å². The zero-order valence-electron chi connectivity index (χ0n) is 9.75. The van der Waals surface area contributed by atoms with Crippen LogP contribution in [0.15, 0.2) is 58.1 Å². The molecule has 1 N–H and O–H groups in total. The fourth-order valence-corrected chi connectivity index (χ4v) is 3.03. The van der Waals surface area contributed by atoms with Crippen LogP contribution in [-0.2, 0) is 4.79 Å². The molecule has 2 aromatic rings. The molecule has 94 valence electrons. The third kappa shape index (κ3) is 2.34. The molecule has 1 aliphatic rings. The maximum atomic E-state index is 12.0. The summed E-state index contributed by atoms with van der Waals surface area (Å²) in [7, 11) is 0. The first kappa shape index (κ1) is 12.2. The minimum atomic E-state index is -0.176. The number of furan rings is 1. The van der Waals surface area contributed by atoms with Gasteiger partial charge in [-0.05, 0) is 17.7 Å². The Kier molecular flexibility index (Phi) is 3.23.